The first-order chi connectivity index (χ1) is 20.2. The van der Waals surface area contributed by atoms with Gasteiger partial charge in [0.05, 0.1) is 46.6 Å². The van der Waals surface area contributed by atoms with E-state index in [2.05, 4.69) is 10.3 Å². The highest BCUT2D eigenvalue weighted by molar-refractivity contribution is 6.42. The fourth-order valence-corrected chi connectivity index (χ4v) is 6.22. The number of aromatic nitrogens is 3. The Morgan fingerprint density at radius 1 is 1.19 bits per heavy atom. The summed E-state index contributed by atoms with van der Waals surface area (Å²) in [6.07, 6.45) is -2.58. The maximum Gasteiger partial charge on any atom is 0.259 e. The number of nitrogens with zero attached hydrogens (tertiary/aromatic N) is 5. The number of aliphatic hydroxyl groups excluding tert-OH is 3. The van der Waals surface area contributed by atoms with Gasteiger partial charge in [-0.3, -0.25) is 4.79 Å². The van der Waals surface area contributed by atoms with Crippen molar-refractivity contribution >= 4 is 46.4 Å². The lowest BCUT2D eigenvalue weighted by Crippen LogP contribution is -2.62. The van der Waals surface area contributed by atoms with Gasteiger partial charge in [-0.15, -0.1) is 5.10 Å². The van der Waals surface area contributed by atoms with Crippen LogP contribution in [-0.4, -0.2) is 86.5 Å². The van der Waals surface area contributed by atoms with Gasteiger partial charge in [-0.1, -0.05) is 46.1 Å². The Labute approximate surface area is 256 Å². The minimum absolute atomic E-state index is 0.231. The number of anilines is 1. The van der Waals surface area contributed by atoms with Crippen LogP contribution in [0.1, 0.15) is 30.9 Å². The number of halogens is 3. The molecule has 2 heterocycles. The minimum Gasteiger partial charge on any atom is -0.394 e. The standard InChI is InChI=1S/C28H28Cl3N5O6/c1-41-26-24(35-12-20(33-34-35)15-5-6-18(30)19(31)9-15)25(39)23(13-37)42-27(26)28(40)36(21-3-2-4-22(21)38)17-8-14(11-32)7-16(29)10-17/h5-10,12,21-27,37-39H,2-4,13H2,1H3/t21-,22-,23+,24-,25-,26+,27+/m0/s1. The summed E-state index contributed by atoms with van der Waals surface area (Å²) in [7, 11) is 1.37. The highest BCUT2D eigenvalue weighted by Crippen LogP contribution is 2.37. The van der Waals surface area contributed by atoms with Crippen LogP contribution >= 0.6 is 34.8 Å². The van der Waals surface area contributed by atoms with Crippen LogP contribution in [-0.2, 0) is 14.3 Å². The van der Waals surface area contributed by atoms with Crippen LogP contribution in [0, 0.1) is 11.3 Å². The zero-order valence-corrected chi connectivity index (χ0v) is 24.6. The van der Waals surface area contributed by atoms with E-state index in [1.165, 1.54) is 34.9 Å². The van der Waals surface area contributed by atoms with Gasteiger partial charge in [0.15, 0.2) is 6.10 Å². The molecule has 0 bridgehead atoms. The van der Waals surface area contributed by atoms with E-state index in [0.29, 0.717) is 46.3 Å². The number of carbonyl (C=O) groups is 1. The number of benzene rings is 2. The quantitative estimate of drug-likeness (QED) is 0.354. The lowest BCUT2D eigenvalue weighted by atomic mass is 9.91. The minimum atomic E-state index is -1.35. The highest BCUT2D eigenvalue weighted by Gasteiger charge is 2.52. The van der Waals surface area contributed by atoms with E-state index in [9.17, 15) is 25.4 Å². The van der Waals surface area contributed by atoms with Crippen LogP contribution in [0.15, 0.2) is 42.6 Å². The number of hydrogen-bond acceptors (Lipinski definition) is 9. The summed E-state index contributed by atoms with van der Waals surface area (Å²) in [4.78, 5) is 15.8. The SMILES string of the molecule is CO[C@@H]1[C@@H](n2cc(-c3ccc(Cl)c(Cl)c3)nn2)[C@@H](O)[C@@H](CO)O[C@H]1C(=O)N(c1cc(Cl)cc(C#N)c1)[C@H]1CCC[C@@H]1O. The smallest absolute Gasteiger partial charge is 0.259 e. The molecule has 1 aliphatic carbocycles. The maximum atomic E-state index is 14.4. The molecule has 14 heteroatoms. The van der Waals surface area contributed by atoms with E-state index in [-0.39, 0.29) is 10.6 Å². The number of carbonyl (C=O) groups excluding carboxylic acids is 1. The molecule has 1 saturated carbocycles. The number of methoxy groups -OCH3 is 1. The third-order valence-electron chi connectivity index (χ3n) is 7.72. The van der Waals surface area contributed by atoms with E-state index in [1.54, 1.807) is 24.4 Å². The molecular weight excluding hydrogens is 609 g/mol. The van der Waals surface area contributed by atoms with E-state index in [4.69, 9.17) is 44.3 Å². The molecule has 3 N–H and O–H groups in total. The van der Waals surface area contributed by atoms with Gasteiger partial charge in [0.25, 0.3) is 5.91 Å². The molecule has 1 amide bonds. The van der Waals surface area contributed by atoms with Crippen LogP contribution < -0.4 is 4.90 Å². The van der Waals surface area contributed by atoms with Crippen molar-refractivity contribution in [3.8, 4) is 17.3 Å². The van der Waals surface area contributed by atoms with Crippen molar-refractivity contribution in [3.05, 3.63) is 63.2 Å². The Bertz CT molecular complexity index is 1500. The highest BCUT2D eigenvalue weighted by atomic mass is 35.5. The second-order valence-electron chi connectivity index (χ2n) is 10.3. The summed E-state index contributed by atoms with van der Waals surface area (Å²) in [5.41, 5.74) is 1.58. The van der Waals surface area contributed by atoms with E-state index < -0.39 is 55.1 Å². The summed E-state index contributed by atoms with van der Waals surface area (Å²) in [5.74, 6) is -0.598. The summed E-state index contributed by atoms with van der Waals surface area (Å²) in [5, 5.41) is 51.1. The Kier molecular flexibility index (Phi) is 9.37. The van der Waals surface area contributed by atoms with Crippen LogP contribution in [0.2, 0.25) is 15.1 Å². The number of hydrogen-bond donors (Lipinski definition) is 3. The van der Waals surface area contributed by atoms with Crippen molar-refractivity contribution in [2.45, 2.75) is 61.9 Å². The monoisotopic (exact) mass is 635 g/mol. The number of nitriles is 1. The van der Waals surface area contributed by atoms with Gasteiger partial charge in [0, 0.05) is 23.4 Å². The fourth-order valence-electron chi connectivity index (χ4n) is 5.69. The molecule has 5 rings (SSSR count). The van der Waals surface area contributed by atoms with Crippen molar-refractivity contribution in [2.24, 2.45) is 0 Å². The summed E-state index contributed by atoms with van der Waals surface area (Å²) in [6, 6.07) is 9.87. The van der Waals surface area contributed by atoms with Crippen molar-refractivity contribution in [1.82, 2.24) is 15.0 Å². The second-order valence-corrected chi connectivity index (χ2v) is 11.5. The molecule has 2 aliphatic rings. The van der Waals surface area contributed by atoms with Crippen LogP contribution in [0.25, 0.3) is 11.3 Å². The first kappa shape index (κ1) is 30.7. The number of aliphatic hydroxyl groups is 3. The van der Waals surface area contributed by atoms with Gasteiger partial charge in [0.2, 0.25) is 0 Å². The van der Waals surface area contributed by atoms with Gasteiger partial charge in [-0.25, -0.2) is 4.68 Å². The average Bonchev–Trinajstić information content (AvgIpc) is 3.63. The third kappa shape index (κ3) is 5.86. The molecule has 42 heavy (non-hydrogen) atoms. The molecule has 0 spiro atoms. The zero-order valence-electron chi connectivity index (χ0n) is 22.3. The van der Waals surface area contributed by atoms with Crippen LogP contribution in [0.3, 0.4) is 0 Å². The summed E-state index contributed by atoms with van der Waals surface area (Å²) >= 11 is 18.5. The predicted molar refractivity (Wildman–Crippen MR) is 154 cm³/mol. The molecule has 1 saturated heterocycles. The first-order valence-electron chi connectivity index (χ1n) is 13.2. The average molecular weight is 637 g/mol. The maximum absolute atomic E-state index is 14.4. The Balaban J connectivity index is 1.55. The molecule has 11 nitrogen and oxygen atoms in total. The number of rotatable bonds is 7. The Hall–Kier alpha value is -2.79. The van der Waals surface area contributed by atoms with Gasteiger partial charge in [-0.2, -0.15) is 5.26 Å². The second kappa shape index (κ2) is 12.8. The van der Waals surface area contributed by atoms with E-state index in [1.807, 2.05) is 6.07 Å². The molecule has 2 fully saturated rings. The molecule has 3 aromatic rings. The van der Waals surface area contributed by atoms with Gasteiger partial charge < -0.3 is 29.7 Å². The lowest BCUT2D eigenvalue weighted by Gasteiger charge is -2.45. The van der Waals surface area contributed by atoms with E-state index >= 15 is 0 Å². The molecule has 2 aromatic carbocycles. The van der Waals surface area contributed by atoms with Gasteiger partial charge in [0.1, 0.15) is 30.0 Å². The molecule has 7 atom stereocenters. The first-order valence-corrected chi connectivity index (χ1v) is 14.4. The topological polar surface area (TPSA) is 154 Å². The zero-order chi connectivity index (χ0) is 30.1. The van der Waals surface area contributed by atoms with Gasteiger partial charge >= 0.3 is 0 Å². The normalized spacial score (nSPS) is 27.5. The van der Waals surface area contributed by atoms with E-state index in [0.717, 1.165) is 0 Å². The largest absolute Gasteiger partial charge is 0.394 e. The molecule has 222 valence electrons. The lowest BCUT2D eigenvalue weighted by molar-refractivity contribution is -0.211. The van der Waals surface area contributed by atoms with Crippen LogP contribution in [0.4, 0.5) is 5.69 Å². The van der Waals surface area contributed by atoms with Crippen molar-refractivity contribution in [1.29, 1.82) is 5.26 Å². The van der Waals surface area contributed by atoms with Crippen molar-refractivity contribution in [2.75, 3.05) is 18.6 Å². The molecular formula is C28H28Cl3N5O6. The fraction of sp³-hybridized carbons (Fsp3) is 0.429. The van der Waals surface area contributed by atoms with Crippen LogP contribution in [0.5, 0.6) is 0 Å². The Morgan fingerprint density at radius 2 is 1.98 bits per heavy atom. The molecule has 0 radical (unpaired) electrons. The molecule has 1 aliphatic heterocycles. The number of ether oxygens (including phenoxy) is 2. The summed E-state index contributed by atoms with van der Waals surface area (Å²) in [6.45, 7) is -0.603. The molecule has 0 unspecified atom stereocenters. The number of amides is 1. The van der Waals surface area contributed by atoms with Crippen molar-refractivity contribution in [3.63, 3.8) is 0 Å². The summed E-state index contributed by atoms with van der Waals surface area (Å²) < 4.78 is 13.1. The van der Waals surface area contributed by atoms with Gasteiger partial charge in [-0.05, 0) is 49.6 Å². The third-order valence-corrected chi connectivity index (χ3v) is 8.67. The Morgan fingerprint density at radius 3 is 2.62 bits per heavy atom. The predicted octanol–water partition coefficient (Wildman–Crippen LogP) is 3.40. The van der Waals surface area contributed by atoms with Crippen molar-refractivity contribution < 1.29 is 29.6 Å². The molecule has 1 aromatic heterocycles.